The first-order chi connectivity index (χ1) is 16.8. The van der Waals surface area contributed by atoms with Gasteiger partial charge in [0.05, 0.1) is 17.9 Å². The largest absolute Gasteiger partial charge is 0.493 e. The second-order valence-corrected chi connectivity index (χ2v) is 8.97. The number of amides is 2. The Morgan fingerprint density at radius 2 is 1.54 bits per heavy atom. The Kier molecular flexibility index (Phi) is 9.12. The number of hydrogen-bond acceptors (Lipinski definition) is 5. The van der Waals surface area contributed by atoms with Gasteiger partial charge in [-0.25, -0.2) is 4.79 Å². The fraction of sp³-hybridized carbons (Fsp3) is 0.286. The van der Waals surface area contributed by atoms with Crippen LogP contribution in [0.1, 0.15) is 36.7 Å². The summed E-state index contributed by atoms with van der Waals surface area (Å²) < 4.78 is 11.1. The first kappa shape index (κ1) is 25.6. The van der Waals surface area contributed by atoms with Crippen LogP contribution < -0.4 is 20.7 Å². The topological polar surface area (TPSA) is 88.7 Å². The molecule has 184 valence electrons. The van der Waals surface area contributed by atoms with Crippen LogP contribution in [0.2, 0.25) is 0 Å². The average molecular weight is 476 g/mol. The van der Waals surface area contributed by atoms with Gasteiger partial charge in [-0.05, 0) is 50.6 Å². The molecule has 0 aliphatic heterocycles. The lowest BCUT2D eigenvalue weighted by atomic mass is 10.1. The molecule has 0 saturated heterocycles. The summed E-state index contributed by atoms with van der Waals surface area (Å²) >= 11 is 0. The molecule has 0 bridgehead atoms. The van der Waals surface area contributed by atoms with E-state index in [0.29, 0.717) is 17.9 Å². The predicted molar refractivity (Wildman–Crippen MR) is 138 cm³/mol. The van der Waals surface area contributed by atoms with Gasteiger partial charge in [-0.2, -0.15) is 0 Å². The molecule has 3 aromatic carbocycles. The second kappa shape index (κ2) is 12.5. The van der Waals surface area contributed by atoms with Crippen molar-refractivity contribution in [2.24, 2.45) is 0 Å². The monoisotopic (exact) mass is 475 g/mol. The first-order valence-electron chi connectivity index (χ1n) is 11.7. The molecule has 0 aromatic heterocycles. The van der Waals surface area contributed by atoms with E-state index in [0.717, 1.165) is 17.9 Å². The maximum absolute atomic E-state index is 12.8. The van der Waals surface area contributed by atoms with E-state index >= 15 is 0 Å². The third-order valence-corrected chi connectivity index (χ3v) is 4.87. The molecular weight excluding hydrogens is 442 g/mol. The van der Waals surface area contributed by atoms with E-state index in [1.807, 2.05) is 60.7 Å². The van der Waals surface area contributed by atoms with Crippen molar-refractivity contribution in [1.82, 2.24) is 10.6 Å². The summed E-state index contributed by atoms with van der Waals surface area (Å²) in [7, 11) is 0. The Morgan fingerprint density at radius 1 is 0.829 bits per heavy atom. The minimum Gasteiger partial charge on any atom is -0.493 e. The fourth-order valence-corrected chi connectivity index (χ4v) is 3.29. The molecule has 3 aromatic rings. The minimum atomic E-state index is -0.567. The second-order valence-electron chi connectivity index (χ2n) is 8.97. The van der Waals surface area contributed by atoms with Crippen molar-refractivity contribution in [3.63, 3.8) is 0 Å². The Morgan fingerprint density at radius 3 is 2.31 bits per heavy atom. The SMILES string of the molecule is CC(C)(C)OC(=O)NCCNC(=O)c1ccccc1Nc1cccc(OCCc2ccccc2)c1. The van der Waals surface area contributed by atoms with Crippen molar-refractivity contribution < 1.29 is 19.1 Å². The molecule has 0 heterocycles. The number of carbonyl (C=O) groups excluding carboxylic acids is 2. The standard InChI is InChI=1S/C28H33N3O4/c1-28(2,3)35-27(33)30-18-17-29-26(32)24-14-7-8-15-25(24)31-22-12-9-13-23(20-22)34-19-16-21-10-5-4-6-11-21/h4-15,20,31H,16-19H2,1-3H3,(H,29,32)(H,30,33). The van der Waals surface area contributed by atoms with Crippen LogP contribution in [0.4, 0.5) is 16.2 Å². The number of benzene rings is 3. The molecule has 0 saturated carbocycles. The highest BCUT2D eigenvalue weighted by Crippen LogP contribution is 2.24. The number of ether oxygens (including phenoxy) is 2. The summed E-state index contributed by atoms with van der Waals surface area (Å²) in [5.74, 6) is 0.510. The van der Waals surface area contributed by atoms with E-state index in [9.17, 15) is 9.59 Å². The number of para-hydroxylation sites is 1. The van der Waals surface area contributed by atoms with Gasteiger partial charge < -0.3 is 25.4 Å². The maximum Gasteiger partial charge on any atom is 0.407 e. The van der Waals surface area contributed by atoms with Crippen molar-refractivity contribution in [3.8, 4) is 5.75 Å². The van der Waals surface area contributed by atoms with Gasteiger partial charge in [-0.1, -0.05) is 48.5 Å². The molecule has 7 heteroatoms. The zero-order valence-electron chi connectivity index (χ0n) is 20.5. The third kappa shape index (κ3) is 9.04. The van der Waals surface area contributed by atoms with Gasteiger partial charge in [0.2, 0.25) is 0 Å². The minimum absolute atomic E-state index is 0.241. The molecule has 0 aliphatic rings. The van der Waals surface area contributed by atoms with Crippen LogP contribution in [0.25, 0.3) is 0 Å². The number of alkyl carbamates (subject to hydrolysis) is 1. The van der Waals surface area contributed by atoms with Crippen LogP contribution in [-0.4, -0.2) is 37.3 Å². The molecule has 0 spiro atoms. The molecule has 2 amide bonds. The molecule has 0 aliphatic carbocycles. The number of rotatable bonds is 10. The lowest BCUT2D eigenvalue weighted by Crippen LogP contribution is -2.37. The number of nitrogens with one attached hydrogen (secondary N) is 3. The summed E-state index contributed by atoms with van der Waals surface area (Å²) in [6, 6.07) is 25.1. The Labute approximate surface area is 206 Å². The van der Waals surface area contributed by atoms with Gasteiger partial charge >= 0.3 is 6.09 Å². The quantitative estimate of drug-likeness (QED) is 0.346. The molecular formula is C28H33N3O4. The Balaban J connectivity index is 1.52. The Hall–Kier alpha value is -4.00. The fourth-order valence-electron chi connectivity index (χ4n) is 3.29. The Bertz CT molecular complexity index is 1110. The molecule has 3 N–H and O–H groups in total. The molecule has 0 unspecified atom stereocenters. The van der Waals surface area contributed by atoms with Crippen molar-refractivity contribution >= 4 is 23.4 Å². The maximum atomic E-state index is 12.8. The van der Waals surface area contributed by atoms with E-state index in [-0.39, 0.29) is 19.0 Å². The molecule has 3 rings (SSSR count). The third-order valence-electron chi connectivity index (χ3n) is 4.87. The van der Waals surface area contributed by atoms with Crippen LogP contribution in [-0.2, 0) is 11.2 Å². The molecule has 0 radical (unpaired) electrons. The van der Waals surface area contributed by atoms with Gasteiger partial charge in [0.1, 0.15) is 11.4 Å². The van der Waals surface area contributed by atoms with Gasteiger partial charge in [-0.15, -0.1) is 0 Å². The zero-order valence-corrected chi connectivity index (χ0v) is 20.5. The number of anilines is 2. The van der Waals surface area contributed by atoms with Gasteiger partial charge in [-0.3, -0.25) is 4.79 Å². The smallest absolute Gasteiger partial charge is 0.407 e. The van der Waals surface area contributed by atoms with E-state index in [4.69, 9.17) is 9.47 Å². The molecule has 7 nitrogen and oxygen atoms in total. The van der Waals surface area contributed by atoms with Crippen molar-refractivity contribution in [3.05, 3.63) is 90.0 Å². The highest BCUT2D eigenvalue weighted by Gasteiger charge is 2.16. The number of carbonyl (C=O) groups is 2. The summed E-state index contributed by atoms with van der Waals surface area (Å²) in [5.41, 5.74) is 2.64. The molecule has 0 fully saturated rings. The van der Waals surface area contributed by atoms with Gasteiger partial charge in [0.15, 0.2) is 0 Å². The van der Waals surface area contributed by atoms with Crippen molar-refractivity contribution in [2.45, 2.75) is 32.8 Å². The zero-order chi connectivity index (χ0) is 25.1. The van der Waals surface area contributed by atoms with Crippen molar-refractivity contribution in [2.75, 3.05) is 25.0 Å². The first-order valence-corrected chi connectivity index (χ1v) is 11.7. The van der Waals surface area contributed by atoms with Crippen LogP contribution in [0.5, 0.6) is 5.75 Å². The summed E-state index contributed by atoms with van der Waals surface area (Å²) in [4.78, 5) is 24.5. The highest BCUT2D eigenvalue weighted by atomic mass is 16.6. The van der Waals surface area contributed by atoms with Crippen molar-refractivity contribution in [1.29, 1.82) is 0 Å². The van der Waals surface area contributed by atoms with Crippen LogP contribution in [0, 0.1) is 0 Å². The van der Waals surface area contributed by atoms with Gasteiger partial charge in [0, 0.05) is 31.3 Å². The normalized spacial score (nSPS) is 10.8. The molecule has 0 atom stereocenters. The average Bonchev–Trinajstić information content (AvgIpc) is 2.82. The van der Waals surface area contributed by atoms with E-state index in [1.54, 1.807) is 26.8 Å². The van der Waals surface area contributed by atoms with Gasteiger partial charge in [0.25, 0.3) is 5.91 Å². The van der Waals surface area contributed by atoms with E-state index in [2.05, 4.69) is 28.1 Å². The molecule has 35 heavy (non-hydrogen) atoms. The lowest BCUT2D eigenvalue weighted by molar-refractivity contribution is 0.0526. The van der Waals surface area contributed by atoms with Crippen LogP contribution in [0.3, 0.4) is 0 Å². The summed E-state index contributed by atoms with van der Waals surface area (Å²) in [5, 5.41) is 8.76. The number of hydrogen-bond donors (Lipinski definition) is 3. The summed E-state index contributed by atoms with van der Waals surface area (Å²) in [6.45, 7) is 6.50. The van der Waals surface area contributed by atoms with Crippen LogP contribution in [0.15, 0.2) is 78.9 Å². The van der Waals surface area contributed by atoms with E-state index in [1.165, 1.54) is 5.56 Å². The highest BCUT2D eigenvalue weighted by molar-refractivity contribution is 6.00. The lowest BCUT2D eigenvalue weighted by Gasteiger charge is -2.19. The predicted octanol–water partition coefficient (Wildman–Crippen LogP) is 5.31. The summed E-state index contributed by atoms with van der Waals surface area (Å²) in [6.07, 6.45) is 0.310. The van der Waals surface area contributed by atoms with Crippen LogP contribution >= 0.6 is 0 Å². The van der Waals surface area contributed by atoms with E-state index < -0.39 is 11.7 Å².